The van der Waals surface area contributed by atoms with Crippen LogP contribution in [0.5, 0.6) is 11.5 Å². The van der Waals surface area contributed by atoms with Gasteiger partial charge in [-0.15, -0.1) is 0 Å². The van der Waals surface area contributed by atoms with E-state index in [1.165, 1.54) is 0 Å². The number of fused-ring (bicyclic) bond motifs is 2. The van der Waals surface area contributed by atoms with Gasteiger partial charge in [-0.25, -0.2) is 19.9 Å². The molecule has 5 heterocycles. The van der Waals surface area contributed by atoms with Crippen LogP contribution in [0.15, 0.2) is 77.9 Å². The predicted octanol–water partition coefficient (Wildman–Crippen LogP) is 5.71. The minimum atomic E-state index is -0.617. The average Bonchev–Trinajstić information content (AvgIpc) is 3.73. The number of anilines is 2. The van der Waals surface area contributed by atoms with E-state index >= 15 is 0 Å². The third-order valence-corrected chi connectivity index (χ3v) is 11.8. The Morgan fingerprint density at radius 2 is 1.11 bits per heavy atom. The summed E-state index contributed by atoms with van der Waals surface area (Å²) in [6.45, 7) is 11.8. The van der Waals surface area contributed by atoms with E-state index in [0.29, 0.717) is 29.1 Å². The van der Waals surface area contributed by atoms with Crippen LogP contribution < -0.4 is 16.9 Å². The second-order valence-electron chi connectivity index (χ2n) is 16.6. The van der Waals surface area contributed by atoms with Crippen LogP contribution in [0.25, 0.3) is 22.3 Å². The Hall–Kier alpha value is -4.74. The molecule has 3 aliphatic rings. The maximum atomic E-state index is 10.0. The molecule has 3 fully saturated rings. The SMILES string of the molecule is CC1(C)OB(c2ccc(O)cc2)OC1(C)C.CC1(O)CC(c2nc(-c3ccc(O)cc3)c3c(N)nccn23)C1.CC1(O)CC(c2nc(Br)c3c(N)nccn23)C1. The highest BCUT2D eigenvalue weighted by molar-refractivity contribution is 9.10. The number of aromatic hydroxyl groups is 2. The van der Waals surface area contributed by atoms with Crippen molar-refractivity contribution in [2.24, 2.45) is 0 Å². The van der Waals surface area contributed by atoms with Gasteiger partial charge in [-0.3, -0.25) is 8.80 Å². The second-order valence-corrected chi connectivity index (χ2v) is 17.3. The monoisotopic (exact) mass is 826 g/mol. The molecule has 0 radical (unpaired) electrons. The largest absolute Gasteiger partial charge is 0.508 e. The number of nitrogens with zero attached hydrogens (tertiary/aromatic N) is 6. The number of imidazole rings is 2. The molecule has 8 N–H and O–H groups in total. The lowest BCUT2D eigenvalue weighted by atomic mass is 9.72. The minimum absolute atomic E-state index is 0.199. The van der Waals surface area contributed by atoms with E-state index < -0.39 is 11.2 Å². The Morgan fingerprint density at radius 3 is 1.59 bits per heavy atom. The van der Waals surface area contributed by atoms with Crippen LogP contribution >= 0.6 is 15.9 Å². The van der Waals surface area contributed by atoms with Crippen LogP contribution in [0.2, 0.25) is 0 Å². The first-order chi connectivity index (χ1) is 26.2. The van der Waals surface area contributed by atoms with Gasteiger partial charge >= 0.3 is 7.12 Å². The smallest absolute Gasteiger partial charge is 0.494 e. The van der Waals surface area contributed by atoms with Crippen molar-refractivity contribution in [3.05, 3.63) is 89.6 Å². The predicted molar refractivity (Wildman–Crippen MR) is 219 cm³/mol. The third-order valence-electron chi connectivity index (χ3n) is 11.2. The lowest BCUT2D eigenvalue weighted by Gasteiger charge is -2.40. The van der Waals surface area contributed by atoms with Gasteiger partial charge in [0.1, 0.15) is 50.3 Å². The van der Waals surface area contributed by atoms with E-state index in [1.807, 2.05) is 87.0 Å². The third kappa shape index (κ3) is 7.68. The Labute approximate surface area is 333 Å². The summed E-state index contributed by atoms with van der Waals surface area (Å²) in [5, 5.41) is 38.5. The molecule has 0 amide bonds. The zero-order valence-corrected chi connectivity index (χ0v) is 33.9. The Morgan fingerprint density at radius 1 is 0.679 bits per heavy atom. The van der Waals surface area contributed by atoms with Gasteiger partial charge in [-0.05, 0) is 125 Å². The molecule has 1 aliphatic heterocycles. The van der Waals surface area contributed by atoms with Crippen molar-refractivity contribution in [3.63, 3.8) is 0 Å². The van der Waals surface area contributed by atoms with E-state index in [9.17, 15) is 20.4 Å². The van der Waals surface area contributed by atoms with Gasteiger partial charge in [-0.1, -0.05) is 12.1 Å². The van der Waals surface area contributed by atoms with Crippen molar-refractivity contribution in [2.75, 3.05) is 11.5 Å². The second kappa shape index (κ2) is 14.3. The van der Waals surface area contributed by atoms with Crippen molar-refractivity contribution in [1.29, 1.82) is 0 Å². The molecule has 6 aromatic rings. The molecule has 0 spiro atoms. The highest BCUT2D eigenvalue weighted by Gasteiger charge is 2.51. The first-order valence-electron chi connectivity index (χ1n) is 18.5. The van der Waals surface area contributed by atoms with Crippen molar-refractivity contribution < 1.29 is 29.7 Å². The Bertz CT molecular complexity index is 2350. The number of aromatic nitrogens is 6. The summed E-state index contributed by atoms with van der Waals surface area (Å²) >= 11 is 3.40. The summed E-state index contributed by atoms with van der Waals surface area (Å²) in [4.78, 5) is 17.5. The molecule has 16 heteroatoms. The first kappa shape index (κ1) is 39.5. The fourth-order valence-electron chi connectivity index (χ4n) is 7.51. The van der Waals surface area contributed by atoms with Gasteiger partial charge in [0.05, 0.1) is 22.4 Å². The number of phenolic OH excluding ortho intramolecular Hbond substituents is 2. The molecule has 0 bridgehead atoms. The molecule has 0 atom stereocenters. The van der Waals surface area contributed by atoms with Crippen LogP contribution in [-0.2, 0) is 9.31 Å². The van der Waals surface area contributed by atoms with Gasteiger partial charge in [0, 0.05) is 42.2 Å². The topological polar surface area (TPSA) is 212 Å². The Balaban J connectivity index is 0.000000132. The molecule has 0 unspecified atom stereocenters. The van der Waals surface area contributed by atoms with Crippen molar-refractivity contribution in [2.45, 2.75) is 101 Å². The van der Waals surface area contributed by atoms with Crippen molar-refractivity contribution in [1.82, 2.24) is 28.7 Å². The number of nitrogen functional groups attached to an aromatic ring is 2. The van der Waals surface area contributed by atoms with Crippen LogP contribution in [0.1, 0.15) is 90.7 Å². The first-order valence-corrected chi connectivity index (χ1v) is 19.3. The summed E-state index contributed by atoms with van der Waals surface area (Å²) in [6.07, 6.45) is 9.87. The molecular weight excluding hydrogens is 779 g/mol. The van der Waals surface area contributed by atoms with Gasteiger partial charge < -0.3 is 41.2 Å². The molecule has 2 aromatic carbocycles. The number of hydrogen-bond donors (Lipinski definition) is 6. The highest BCUT2D eigenvalue weighted by Crippen LogP contribution is 2.46. The quantitative estimate of drug-likeness (QED) is 0.118. The average molecular weight is 828 g/mol. The lowest BCUT2D eigenvalue weighted by molar-refractivity contribution is -0.0340. The maximum Gasteiger partial charge on any atom is 0.494 e. The van der Waals surface area contributed by atoms with Gasteiger partial charge in [0.2, 0.25) is 0 Å². The summed E-state index contributed by atoms with van der Waals surface area (Å²) in [6, 6.07) is 13.8. The molecule has 56 heavy (non-hydrogen) atoms. The minimum Gasteiger partial charge on any atom is -0.508 e. The fourth-order valence-corrected chi connectivity index (χ4v) is 8.08. The van der Waals surface area contributed by atoms with Gasteiger partial charge in [0.15, 0.2) is 5.82 Å². The summed E-state index contributed by atoms with van der Waals surface area (Å²) in [7, 11) is -0.356. The van der Waals surface area contributed by atoms with Crippen LogP contribution in [-0.4, -0.2) is 78.7 Å². The molecular formula is C40H48BBrN8O6. The molecule has 14 nitrogen and oxygen atoms in total. The normalized spacial score (nSPS) is 24.8. The zero-order chi connectivity index (χ0) is 40.4. The lowest BCUT2D eigenvalue weighted by Crippen LogP contribution is -2.41. The van der Waals surface area contributed by atoms with Gasteiger partial charge in [-0.2, -0.15) is 0 Å². The number of rotatable bonds is 4. The van der Waals surface area contributed by atoms with Crippen LogP contribution in [0, 0.1) is 0 Å². The molecule has 2 aliphatic carbocycles. The molecule has 9 rings (SSSR count). The molecule has 294 valence electrons. The summed E-state index contributed by atoms with van der Waals surface area (Å²) in [5.41, 5.74) is 14.2. The molecule has 1 saturated heterocycles. The summed E-state index contributed by atoms with van der Waals surface area (Å²) < 4.78 is 16.4. The van der Waals surface area contributed by atoms with E-state index in [0.717, 1.165) is 52.2 Å². The molecule has 2 saturated carbocycles. The van der Waals surface area contributed by atoms with Crippen molar-refractivity contribution in [3.8, 4) is 22.8 Å². The number of hydrogen-bond acceptors (Lipinski definition) is 12. The number of halogens is 1. The standard InChI is InChI=1S/C17H18N4O2.C12H17BO3.C11H13BrN4O/c1-17(23)8-11(9-17)16-20-13(10-2-4-12(22)5-3-10)14-15(18)19-6-7-21(14)16;1-11(2)12(3,4)16-13(15-11)9-5-7-10(14)8-6-9;1-11(17)4-6(5-11)10-15-8(12)7-9(13)14-2-3-16(7)10/h2-7,11,22-23H,8-9H2,1H3,(H2,18,19);5-8,14H,1-4H3;2-3,6,17H,4-5H2,1H3,(H2,13,14). The number of aliphatic hydroxyl groups is 2. The van der Waals surface area contributed by atoms with Crippen LogP contribution in [0.4, 0.5) is 11.6 Å². The van der Waals surface area contributed by atoms with E-state index in [2.05, 4.69) is 30.9 Å². The van der Waals surface area contributed by atoms with E-state index in [1.54, 1.807) is 36.7 Å². The fraction of sp³-hybridized carbons (Fsp3) is 0.400. The van der Waals surface area contributed by atoms with Crippen LogP contribution in [0.3, 0.4) is 0 Å². The Kier molecular flexibility index (Phi) is 10.1. The van der Waals surface area contributed by atoms with E-state index in [4.69, 9.17) is 25.8 Å². The van der Waals surface area contributed by atoms with E-state index in [-0.39, 0.29) is 41.7 Å². The summed E-state index contributed by atoms with van der Waals surface area (Å²) in [5.74, 6) is 3.65. The number of phenols is 2. The molecule has 4 aromatic heterocycles. The highest BCUT2D eigenvalue weighted by atomic mass is 79.9. The zero-order valence-electron chi connectivity index (χ0n) is 32.3. The van der Waals surface area contributed by atoms with Gasteiger partial charge in [0.25, 0.3) is 0 Å². The maximum absolute atomic E-state index is 10.0. The number of nitrogens with two attached hydrogens (primary N) is 2. The van der Waals surface area contributed by atoms with Crippen molar-refractivity contribution >= 4 is 51.2 Å². The number of benzene rings is 2.